The van der Waals surface area contributed by atoms with Crippen LogP contribution < -0.4 is 20.5 Å². The molecule has 0 radical (unpaired) electrons. The summed E-state index contributed by atoms with van der Waals surface area (Å²) in [6.45, 7) is 1.51. The molecule has 6 bridgehead atoms. The number of anilines is 2. The maximum atomic E-state index is 12.7. The zero-order chi connectivity index (χ0) is 20.1. The topological polar surface area (TPSA) is 121 Å². The molecule has 1 aromatic carbocycles. The van der Waals surface area contributed by atoms with Gasteiger partial charge in [-0.3, -0.25) is 4.79 Å². The van der Waals surface area contributed by atoms with Crippen LogP contribution in [0.1, 0.15) is 10.5 Å². The third-order valence-corrected chi connectivity index (χ3v) is 4.11. The number of hydrogen-bond donors (Lipinski definition) is 2. The van der Waals surface area contributed by atoms with E-state index in [1.807, 2.05) is 0 Å². The number of pyridine rings is 1. The number of ether oxygens (including phenoxy) is 3. The van der Waals surface area contributed by atoms with E-state index in [0.717, 1.165) is 0 Å². The Morgan fingerprint density at radius 3 is 2.76 bits per heavy atom. The summed E-state index contributed by atoms with van der Waals surface area (Å²) >= 11 is 0. The van der Waals surface area contributed by atoms with Crippen LogP contribution in [0, 0.1) is 0 Å². The minimum absolute atomic E-state index is 0.0302. The number of benzene rings is 1. The third-order valence-electron chi connectivity index (χ3n) is 4.11. The van der Waals surface area contributed by atoms with Crippen LogP contribution in [-0.2, 0) is 4.74 Å². The molecule has 29 heavy (non-hydrogen) atoms. The van der Waals surface area contributed by atoms with Crippen molar-refractivity contribution in [3.63, 3.8) is 0 Å². The lowest BCUT2D eigenvalue weighted by atomic mass is 10.2. The molecule has 2 aromatic heterocycles. The fraction of sp³-hybridized carbons (Fsp3) is 0.200. The highest BCUT2D eigenvalue weighted by Gasteiger charge is 2.16. The lowest BCUT2D eigenvalue weighted by Crippen LogP contribution is -2.17. The average molecular weight is 393 g/mol. The highest BCUT2D eigenvalue weighted by atomic mass is 16.5. The largest absolute Gasteiger partial charge is 0.491 e. The molecule has 4 rings (SSSR count). The number of nitrogens with one attached hydrogen (secondary N) is 1. The van der Waals surface area contributed by atoms with Crippen LogP contribution in [-0.4, -0.2) is 47.3 Å². The summed E-state index contributed by atoms with van der Waals surface area (Å²) in [6, 6.07) is 10.5. The molecule has 1 aliphatic heterocycles. The van der Waals surface area contributed by atoms with Crippen LogP contribution in [0.4, 0.5) is 11.5 Å². The Hall–Kier alpha value is -3.72. The first-order chi connectivity index (χ1) is 14.2. The van der Waals surface area contributed by atoms with Gasteiger partial charge in [-0.25, -0.2) is 15.0 Å². The molecular formula is C20H19N5O4. The zero-order valence-corrected chi connectivity index (χ0v) is 15.5. The second-order valence-electron chi connectivity index (χ2n) is 6.16. The molecule has 0 atom stereocenters. The van der Waals surface area contributed by atoms with Gasteiger partial charge in [-0.1, -0.05) is 6.07 Å². The smallest absolute Gasteiger partial charge is 0.278 e. The molecule has 0 spiro atoms. The van der Waals surface area contributed by atoms with E-state index in [1.54, 1.807) is 42.6 Å². The Morgan fingerprint density at radius 2 is 1.86 bits per heavy atom. The molecule has 3 heterocycles. The van der Waals surface area contributed by atoms with Crippen LogP contribution in [0.15, 0.2) is 48.8 Å². The molecule has 9 heteroatoms. The van der Waals surface area contributed by atoms with Crippen LogP contribution in [0.25, 0.3) is 11.3 Å². The van der Waals surface area contributed by atoms with E-state index < -0.39 is 5.91 Å². The number of nitrogens with two attached hydrogens (primary N) is 1. The Balaban J connectivity index is 1.69. The van der Waals surface area contributed by atoms with Crippen LogP contribution >= 0.6 is 0 Å². The second-order valence-corrected chi connectivity index (χ2v) is 6.16. The molecule has 0 fully saturated rings. The van der Waals surface area contributed by atoms with E-state index in [-0.39, 0.29) is 11.5 Å². The Bertz CT molecular complexity index is 1030. The maximum absolute atomic E-state index is 12.7. The number of hydrogen-bond acceptors (Lipinski definition) is 8. The fourth-order valence-corrected chi connectivity index (χ4v) is 2.73. The van der Waals surface area contributed by atoms with Crippen LogP contribution in [0.3, 0.4) is 0 Å². The molecule has 1 aliphatic rings. The maximum Gasteiger partial charge on any atom is 0.278 e. The first-order valence-corrected chi connectivity index (χ1v) is 9.03. The lowest BCUT2D eigenvalue weighted by molar-refractivity contribution is 0.0753. The summed E-state index contributed by atoms with van der Waals surface area (Å²) in [5, 5.41) is 2.77. The molecular weight excluding hydrogens is 374 g/mol. The van der Waals surface area contributed by atoms with Gasteiger partial charge < -0.3 is 25.3 Å². The summed E-state index contributed by atoms with van der Waals surface area (Å²) < 4.78 is 16.8. The number of aromatic nitrogens is 3. The lowest BCUT2D eigenvalue weighted by Gasteiger charge is -2.12. The molecule has 0 aliphatic carbocycles. The van der Waals surface area contributed by atoms with Gasteiger partial charge in [0.15, 0.2) is 11.5 Å². The van der Waals surface area contributed by atoms with Crippen molar-refractivity contribution in [1.29, 1.82) is 0 Å². The molecule has 0 unspecified atom stereocenters. The van der Waals surface area contributed by atoms with Crippen LogP contribution in [0.5, 0.6) is 11.6 Å². The van der Waals surface area contributed by atoms with Gasteiger partial charge in [0.2, 0.25) is 5.88 Å². The Morgan fingerprint density at radius 1 is 1.00 bits per heavy atom. The average Bonchev–Trinajstić information content (AvgIpc) is 2.73. The summed E-state index contributed by atoms with van der Waals surface area (Å²) in [5.41, 5.74) is 7.66. The van der Waals surface area contributed by atoms with Gasteiger partial charge in [0.1, 0.15) is 19.0 Å². The molecule has 3 aromatic rings. The van der Waals surface area contributed by atoms with E-state index in [4.69, 9.17) is 19.9 Å². The van der Waals surface area contributed by atoms with Gasteiger partial charge in [0.25, 0.3) is 5.91 Å². The quantitative estimate of drug-likeness (QED) is 0.596. The van der Waals surface area contributed by atoms with Crippen molar-refractivity contribution in [3.8, 4) is 22.9 Å². The van der Waals surface area contributed by atoms with Crippen molar-refractivity contribution >= 4 is 17.4 Å². The van der Waals surface area contributed by atoms with Crippen molar-refractivity contribution in [3.05, 3.63) is 54.5 Å². The number of rotatable bonds is 0. The molecule has 3 N–H and O–H groups in total. The van der Waals surface area contributed by atoms with E-state index in [1.165, 1.54) is 6.20 Å². The standard InChI is InChI=1S/C20H19N5O4/c21-19-18-20(26)24-14-2-1-3-15(11-14)28-8-6-27-7-9-29-17-10-13(4-5-22-17)16(25-18)12-23-19/h1-5,10-12H,6-9H2,(H2,21,23)(H,24,26). The third kappa shape index (κ3) is 4.58. The minimum atomic E-state index is -0.469. The first-order valence-electron chi connectivity index (χ1n) is 9.03. The molecule has 0 saturated heterocycles. The first kappa shape index (κ1) is 18.6. The Labute approximate surface area is 166 Å². The van der Waals surface area contributed by atoms with E-state index in [0.29, 0.717) is 55.0 Å². The number of carbonyl (C=O) groups excluding carboxylic acids is 1. The second kappa shape index (κ2) is 8.53. The van der Waals surface area contributed by atoms with Gasteiger partial charge in [-0.2, -0.15) is 0 Å². The zero-order valence-electron chi connectivity index (χ0n) is 15.5. The SMILES string of the molecule is Nc1ncc2nc1C(=O)Nc1cccc(c1)OCCOCCOc1cc-2ccn1. The Kier molecular flexibility index (Phi) is 5.48. The van der Waals surface area contributed by atoms with Crippen molar-refractivity contribution in [2.45, 2.75) is 0 Å². The summed E-state index contributed by atoms with van der Waals surface area (Å²) in [5.74, 6) is 0.596. The van der Waals surface area contributed by atoms with Gasteiger partial charge in [-0.05, 0) is 18.2 Å². The summed E-state index contributed by atoms with van der Waals surface area (Å²) in [7, 11) is 0. The summed E-state index contributed by atoms with van der Waals surface area (Å²) in [6.07, 6.45) is 3.10. The highest BCUT2D eigenvalue weighted by Crippen LogP contribution is 2.23. The number of carbonyl (C=O) groups is 1. The van der Waals surface area contributed by atoms with E-state index in [2.05, 4.69) is 20.3 Å². The minimum Gasteiger partial charge on any atom is -0.491 e. The highest BCUT2D eigenvalue weighted by molar-refractivity contribution is 6.06. The normalized spacial score (nSPS) is 14.6. The van der Waals surface area contributed by atoms with Crippen LogP contribution in [0.2, 0.25) is 0 Å². The molecule has 0 saturated carbocycles. The van der Waals surface area contributed by atoms with Gasteiger partial charge >= 0.3 is 0 Å². The number of nitrogen functional groups attached to an aromatic ring is 1. The van der Waals surface area contributed by atoms with Crippen molar-refractivity contribution in [2.75, 3.05) is 37.5 Å². The van der Waals surface area contributed by atoms with Gasteiger partial charge in [0.05, 0.1) is 25.1 Å². The molecule has 1 amide bonds. The van der Waals surface area contributed by atoms with Gasteiger partial charge in [0, 0.05) is 29.6 Å². The summed E-state index contributed by atoms with van der Waals surface area (Å²) in [4.78, 5) is 25.4. The number of fused-ring (bicyclic) bond motifs is 7. The number of nitrogens with zero attached hydrogens (tertiary/aromatic N) is 3. The van der Waals surface area contributed by atoms with Gasteiger partial charge in [-0.15, -0.1) is 0 Å². The van der Waals surface area contributed by atoms with Crippen molar-refractivity contribution in [2.24, 2.45) is 0 Å². The fourth-order valence-electron chi connectivity index (χ4n) is 2.73. The van der Waals surface area contributed by atoms with E-state index in [9.17, 15) is 4.79 Å². The monoisotopic (exact) mass is 393 g/mol. The van der Waals surface area contributed by atoms with E-state index >= 15 is 0 Å². The number of amides is 1. The predicted octanol–water partition coefficient (Wildman–Crippen LogP) is 2.16. The molecule has 9 nitrogen and oxygen atoms in total. The predicted molar refractivity (Wildman–Crippen MR) is 106 cm³/mol. The van der Waals surface area contributed by atoms with Crippen molar-refractivity contribution in [1.82, 2.24) is 15.0 Å². The molecule has 148 valence electrons. The van der Waals surface area contributed by atoms with Crippen molar-refractivity contribution < 1.29 is 19.0 Å².